The van der Waals surface area contributed by atoms with Crippen LogP contribution in [0.2, 0.25) is 0 Å². The highest BCUT2D eigenvalue weighted by atomic mass is 19.1. The predicted molar refractivity (Wildman–Crippen MR) is 81.0 cm³/mol. The molecule has 1 aliphatic carbocycles. The van der Waals surface area contributed by atoms with Crippen LogP contribution in [0.15, 0.2) is 24.3 Å². The molecule has 5 nitrogen and oxygen atoms in total. The lowest BCUT2D eigenvalue weighted by Gasteiger charge is -2.22. The summed E-state index contributed by atoms with van der Waals surface area (Å²) >= 11 is 0. The van der Waals surface area contributed by atoms with Gasteiger partial charge in [-0.25, -0.2) is 20.2 Å². The number of nitrogens with two attached hydrogens (primary N) is 1. The number of halogens is 1. The molecular formula is C15H18FN5. The average molecular weight is 287 g/mol. The van der Waals surface area contributed by atoms with Gasteiger partial charge >= 0.3 is 0 Å². The molecule has 0 atom stereocenters. The summed E-state index contributed by atoms with van der Waals surface area (Å²) in [6.07, 6.45) is 2.24. The molecule has 1 aromatic carbocycles. The lowest BCUT2D eigenvalue weighted by molar-refractivity contribution is 0.628. The van der Waals surface area contributed by atoms with Crippen LogP contribution in [0.3, 0.4) is 0 Å². The monoisotopic (exact) mass is 287 g/mol. The number of nitrogen functional groups attached to an aromatic ring is 1. The molecule has 0 saturated heterocycles. The Morgan fingerprint density at radius 1 is 1.24 bits per heavy atom. The third-order valence-electron chi connectivity index (χ3n) is 3.75. The van der Waals surface area contributed by atoms with E-state index in [0.29, 0.717) is 11.7 Å². The topological polar surface area (TPSA) is 67.1 Å². The smallest absolute Gasteiger partial charge is 0.148 e. The van der Waals surface area contributed by atoms with Crippen molar-refractivity contribution in [2.75, 3.05) is 17.4 Å². The van der Waals surface area contributed by atoms with Crippen molar-refractivity contribution < 1.29 is 4.39 Å². The summed E-state index contributed by atoms with van der Waals surface area (Å²) in [6.45, 7) is 1.92. The molecule has 0 radical (unpaired) electrons. The van der Waals surface area contributed by atoms with Crippen LogP contribution in [0.4, 0.5) is 21.7 Å². The van der Waals surface area contributed by atoms with Gasteiger partial charge in [0.05, 0.1) is 0 Å². The van der Waals surface area contributed by atoms with Gasteiger partial charge in [0.25, 0.3) is 0 Å². The fraction of sp³-hybridized carbons (Fsp3) is 0.333. The second kappa shape index (κ2) is 5.29. The molecule has 0 amide bonds. The molecule has 0 bridgehead atoms. The molecule has 3 N–H and O–H groups in total. The lowest BCUT2D eigenvalue weighted by atomic mass is 10.2. The van der Waals surface area contributed by atoms with Gasteiger partial charge in [0.15, 0.2) is 0 Å². The maximum absolute atomic E-state index is 13.1. The molecular weight excluding hydrogens is 269 g/mol. The summed E-state index contributed by atoms with van der Waals surface area (Å²) < 4.78 is 13.1. The van der Waals surface area contributed by atoms with Gasteiger partial charge in [0.2, 0.25) is 0 Å². The lowest BCUT2D eigenvalue weighted by Crippen LogP contribution is -2.18. The van der Waals surface area contributed by atoms with Crippen LogP contribution < -0.4 is 16.2 Å². The van der Waals surface area contributed by atoms with E-state index < -0.39 is 0 Å². The van der Waals surface area contributed by atoms with E-state index in [0.717, 1.165) is 35.7 Å². The molecule has 21 heavy (non-hydrogen) atoms. The summed E-state index contributed by atoms with van der Waals surface area (Å²) in [4.78, 5) is 11.1. The predicted octanol–water partition coefficient (Wildman–Crippen LogP) is 2.86. The number of hydrogen-bond acceptors (Lipinski definition) is 5. The minimum absolute atomic E-state index is 0.255. The maximum Gasteiger partial charge on any atom is 0.148 e. The zero-order chi connectivity index (χ0) is 15.0. The highest BCUT2D eigenvalue weighted by Crippen LogP contribution is 2.40. The molecule has 110 valence electrons. The van der Waals surface area contributed by atoms with Crippen LogP contribution in [0, 0.1) is 12.7 Å². The fourth-order valence-corrected chi connectivity index (χ4v) is 2.30. The number of hydrogen-bond donors (Lipinski definition) is 2. The van der Waals surface area contributed by atoms with Gasteiger partial charge in [-0.1, -0.05) is 0 Å². The Kier molecular flexibility index (Phi) is 3.47. The van der Waals surface area contributed by atoms with Crippen LogP contribution >= 0.6 is 0 Å². The second-order valence-corrected chi connectivity index (χ2v) is 5.33. The van der Waals surface area contributed by atoms with Gasteiger partial charge in [-0.05, 0) is 44.0 Å². The number of nitrogens with zero attached hydrogens (tertiary/aromatic N) is 3. The van der Waals surface area contributed by atoms with Gasteiger partial charge < -0.3 is 10.3 Å². The Bertz CT molecular complexity index is 652. The number of anilines is 3. The number of hydrazine groups is 1. The zero-order valence-electron chi connectivity index (χ0n) is 12.1. The summed E-state index contributed by atoms with van der Waals surface area (Å²) in [6, 6.07) is 6.32. The zero-order valence-corrected chi connectivity index (χ0v) is 12.1. The maximum atomic E-state index is 13.1. The standard InChI is InChI=1S/C15H18FN5/c1-9-13(20-17)18-14(10-3-4-10)19-15(9)21(2)12-7-5-11(16)6-8-12/h5-8,10H,3-4,17H2,1-2H3,(H,18,19,20). The summed E-state index contributed by atoms with van der Waals surface area (Å²) in [7, 11) is 1.90. The van der Waals surface area contributed by atoms with Crippen molar-refractivity contribution in [1.82, 2.24) is 9.97 Å². The SMILES string of the molecule is Cc1c(NN)nc(C2CC2)nc1N(C)c1ccc(F)cc1. The molecule has 1 fully saturated rings. The largest absolute Gasteiger partial charge is 0.329 e. The van der Waals surface area contributed by atoms with Crippen molar-refractivity contribution in [3.05, 3.63) is 41.5 Å². The van der Waals surface area contributed by atoms with Crippen molar-refractivity contribution in [1.29, 1.82) is 0 Å². The minimum Gasteiger partial charge on any atom is -0.329 e. The Hall–Kier alpha value is -2.21. The van der Waals surface area contributed by atoms with Crippen molar-refractivity contribution in [2.45, 2.75) is 25.7 Å². The number of rotatable bonds is 4. The van der Waals surface area contributed by atoms with E-state index in [1.54, 1.807) is 12.1 Å². The van der Waals surface area contributed by atoms with Crippen LogP contribution in [0.1, 0.15) is 30.1 Å². The van der Waals surface area contributed by atoms with Crippen molar-refractivity contribution in [3.8, 4) is 0 Å². The Morgan fingerprint density at radius 3 is 2.48 bits per heavy atom. The van der Waals surface area contributed by atoms with Crippen molar-refractivity contribution in [2.24, 2.45) is 5.84 Å². The highest BCUT2D eigenvalue weighted by molar-refractivity contribution is 5.66. The van der Waals surface area contributed by atoms with Crippen LogP contribution in [-0.2, 0) is 0 Å². The van der Waals surface area contributed by atoms with Gasteiger partial charge in [-0.3, -0.25) is 0 Å². The van der Waals surface area contributed by atoms with Gasteiger partial charge in [0.1, 0.15) is 23.3 Å². The first kappa shape index (κ1) is 13.8. The van der Waals surface area contributed by atoms with Crippen molar-refractivity contribution in [3.63, 3.8) is 0 Å². The van der Waals surface area contributed by atoms with Gasteiger partial charge in [-0.15, -0.1) is 0 Å². The molecule has 2 aromatic rings. The molecule has 0 aliphatic heterocycles. The highest BCUT2D eigenvalue weighted by Gasteiger charge is 2.28. The summed E-state index contributed by atoms with van der Waals surface area (Å²) in [5.41, 5.74) is 4.37. The Morgan fingerprint density at radius 2 is 1.90 bits per heavy atom. The molecule has 0 unspecified atom stereocenters. The average Bonchev–Trinajstić information content (AvgIpc) is 3.32. The van der Waals surface area contributed by atoms with E-state index in [-0.39, 0.29) is 5.82 Å². The minimum atomic E-state index is -0.255. The Labute approximate surface area is 123 Å². The van der Waals surface area contributed by atoms with Crippen LogP contribution in [0.5, 0.6) is 0 Å². The van der Waals surface area contributed by atoms with Crippen molar-refractivity contribution >= 4 is 17.3 Å². The molecule has 1 heterocycles. The molecule has 6 heteroatoms. The Balaban J connectivity index is 2.03. The third kappa shape index (κ3) is 2.67. The second-order valence-electron chi connectivity index (χ2n) is 5.33. The number of nitrogens with one attached hydrogen (secondary N) is 1. The van der Waals surface area contributed by atoms with Gasteiger partial charge in [-0.2, -0.15) is 0 Å². The van der Waals surface area contributed by atoms with Crippen LogP contribution in [-0.4, -0.2) is 17.0 Å². The molecule has 3 rings (SSSR count). The molecule has 1 saturated carbocycles. The van der Waals surface area contributed by atoms with E-state index >= 15 is 0 Å². The van der Waals surface area contributed by atoms with Crippen LogP contribution in [0.25, 0.3) is 0 Å². The quantitative estimate of drug-likeness (QED) is 0.668. The first-order valence-corrected chi connectivity index (χ1v) is 6.94. The fourth-order valence-electron chi connectivity index (χ4n) is 2.30. The number of benzene rings is 1. The van der Waals surface area contributed by atoms with Gasteiger partial charge in [0, 0.05) is 24.2 Å². The van der Waals surface area contributed by atoms with E-state index in [1.807, 2.05) is 18.9 Å². The van der Waals surface area contributed by atoms with E-state index in [1.165, 1.54) is 12.1 Å². The first-order chi connectivity index (χ1) is 10.1. The summed E-state index contributed by atoms with van der Waals surface area (Å²) in [5, 5.41) is 0. The normalized spacial score (nSPS) is 14.1. The third-order valence-corrected chi connectivity index (χ3v) is 3.75. The molecule has 0 spiro atoms. The molecule has 1 aromatic heterocycles. The summed E-state index contributed by atoms with van der Waals surface area (Å²) in [5.74, 6) is 7.97. The van der Waals surface area contributed by atoms with E-state index in [9.17, 15) is 4.39 Å². The van der Waals surface area contributed by atoms with E-state index in [4.69, 9.17) is 5.84 Å². The van der Waals surface area contributed by atoms with E-state index in [2.05, 4.69) is 15.4 Å². The number of aromatic nitrogens is 2. The molecule has 1 aliphatic rings. The first-order valence-electron chi connectivity index (χ1n) is 6.94.